The molecule has 1 amide bonds. The molecule has 0 aliphatic heterocycles. The summed E-state index contributed by atoms with van der Waals surface area (Å²) in [5.41, 5.74) is 3.13. The van der Waals surface area contributed by atoms with Gasteiger partial charge >= 0.3 is 0 Å². The number of pyridine rings is 2. The van der Waals surface area contributed by atoms with Crippen molar-refractivity contribution in [3.8, 4) is 22.8 Å². The van der Waals surface area contributed by atoms with Gasteiger partial charge in [-0.2, -0.15) is 4.98 Å². The predicted octanol–water partition coefficient (Wildman–Crippen LogP) is 4.60. The van der Waals surface area contributed by atoms with Gasteiger partial charge in [-0.05, 0) is 36.4 Å². The molecule has 1 N–H and O–H groups in total. The summed E-state index contributed by atoms with van der Waals surface area (Å²) in [6.45, 7) is 0. The van der Waals surface area contributed by atoms with Crippen LogP contribution in [0.5, 0.6) is 0 Å². The van der Waals surface area contributed by atoms with E-state index in [1.54, 1.807) is 42.9 Å². The number of rotatable bonds is 4. The summed E-state index contributed by atoms with van der Waals surface area (Å²) in [4.78, 5) is 25.8. The van der Waals surface area contributed by atoms with Gasteiger partial charge in [0.05, 0.1) is 22.3 Å². The van der Waals surface area contributed by atoms with Crippen LogP contribution in [-0.2, 0) is 0 Å². The van der Waals surface area contributed by atoms with Crippen LogP contribution in [0.2, 0.25) is 0 Å². The summed E-state index contributed by atoms with van der Waals surface area (Å²) in [6, 6.07) is 20.2. The minimum absolute atomic E-state index is 0.263. The maximum atomic E-state index is 13.0. The number of carbonyl (C=O) groups excluding carboxylic acids is 1. The Balaban J connectivity index is 1.49. The second-order valence-corrected chi connectivity index (χ2v) is 6.54. The fraction of sp³-hybridized carbons (Fsp3) is 0. The van der Waals surface area contributed by atoms with Crippen LogP contribution >= 0.6 is 0 Å². The van der Waals surface area contributed by atoms with Crippen molar-refractivity contribution in [3.05, 3.63) is 90.9 Å². The minimum Gasteiger partial charge on any atom is -0.334 e. The van der Waals surface area contributed by atoms with E-state index in [0.29, 0.717) is 34.0 Å². The van der Waals surface area contributed by atoms with Crippen molar-refractivity contribution >= 4 is 22.5 Å². The molecule has 2 aromatic carbocycles. The molecule has 3 aromatic heterocycles. The van der Waals surface area contributed by atoms with Gasteiger partial charge in [-0.1, -0.05) is 35.5 Å². The molecule has 7 heteroatoms. The van der Waals surface area contributed by atoms with Gasteiger partial charge in [0.25, 0.3) is 11.8 Å². The quantitative estimate of drug-likeness (QED) is 0.480. The van der Waals surface area contributed by atoms with Crippen molar-refractivity contribution < 1.29 is 9.32 Å². The van der Waals surface area contributed by atoms with E-state index in [0.717, 1.165) is 10.9 Å². The van der Waals surface area contributed by atoms with Crippen LogP contribution in [0.25, 0.3) is 33.7 Å². The van der Waals surface area contributed by atoms with Gasteiger partial charge in [0, 0.05) is 29.5 Å². The van der Waals surface area contributed by atoms with Crippen molar-refractivity contribution in [1.29, 1.82) is 0 Å². The predicted molar refractivity (Wildman–Crippen MR) is 113 cm³/mol. The summed E-state index contributed by atoms with van der Waals surface area (Å²) < 4.78 is 5.46. The monoisotopic (exact) mass is 393 g/mol. The summed E-state index contributed by atoms with van der Waals surface area (Å²) in [7, 11) is 0. The SMILES string of the molecule is O=C(Nc1ccccc1-c1nc(-c2ccncc2)no1)c1cccc2cccnc12. The molecule has 0 fully saturated rings. The Morgan fingerprint density at radius 3 is 2.60 bits per heavy atom. The number of para-hydroxylation sites is 2. The van der Waals surface area contributed by atoms with Crippen LogP contribution in [0.1, 0.15) is 10.4 Å². The average molecular weight is 393 g/mol. The number of carbonyl (C=O) groups is 1. The normalized spacial score (nSPS) is 10.8. The third-order valence-electron chi connectivity index (χ3n) is 4.65. The van der Waals surface area contributed by atoms with Crippen molar-refractivity contribution in [2.75, 3.05) is 5.32 Å². The standard InChI is InChI=1S/C23H15N5O2/c29-22(18-8-3-5-15-6-4-12-25-20(15)18)26-19-9-2-1-7-17(19)23-27-21(28-30-23)16-10-13-24-14-11-16/h1-14H,(H,26,29). The highest BCUT2D eigenvalue weighted by atomic mass is 16.5. The Bertz CT molecular complexity index is 1340. The fourth-order valence-electron chi connectivity index (χ4n) is 3.21. The largest absolute Gasteiger partial charge is 0.334 e. The topological polar surface area (TPSA) is 93.8 Å². The van der Waals surface area contributed by atoms with E-state index in [-0.39, 0.29) is 5.91 Å². The highest BCUT2D eigenvalue weighted by Crippen LogP contribution is 2.29. The highest BCUT2D eigenvalue weighted by molar-refractivity contribution is 6.12. The average Bonchev–Trinajstić information content (AvgIpc) is 3.30. The van der Waals surface area contributed by atoms with Crippen LogP contribution in [-0.4, -0.2) is 26.0 Å². The van der Waals surface area contributed by atoms with Crippen molar-refractivity contribution in [2.45, 2.75) is 0 Å². The number of nitrogens with zero attached hydrogens (tertiary/aromatic N) is 4. The van der Waals surface area contributed by atoms with E-state index < -0.39 is 0 Å². The first-order chi connectivity index (χ1) is 14.8. The minimum atomic E-state index is -0.263. The molecule has 5 rings (SSSR count). The Morgan fingerprint density at radius 2 is 1.70 bits per heavy atom. The summed E-state index contributed by atoms with van der Waals surface area (Å²) >= 11 is 0. The molecular formula is C23H15N5O2. The Labute approximate surface area is 171 Å². The smallest absolute Gasteiger partial charge is 0.260 e. The summed E-state index contributed by atoms with van der Waals surface area (Å²) in [5.74, 6) is 0.501. The number of amides is 1. The number of hydrogen-bond donors (Lipinski definition) is 1. The fourth-order valence-corrected chi connectivity index (χ4v) is 3.21. The van der Waals surface area contributed by atoms with Crippen molar-refractivity contribution in [1.82, 2.24) is 20.1 Å². The molecule has 0 unspecified atom stereocenters. The van der Waals surface area contributed by atoms with Crippen LogP contribution in [0.3, 0.4) is 0 Å². The first kappa shape index (κ1) is 17.7. The molecule has 0 bridgehead atoms. The van der Waals surface area contributed by atoms with E-state index in [2.05, 4.69) is 25.4 Å². The molecule has 0 atom stereocenters. The molecule has 144 valence electrons. The van der Waals surface area contributed by atoms with Crippen molar-refractivity contribution in [2.24, 2.45) is 0 Å². The first-order valence-electron chi connectivity index (χ1n) is 9.28. The molecular weight excluding hydrogens is 378 g/mol. The zero-order chi connectivity index (χ0) is 20.3. The Hall–Kier alpha value is -4.39. The molecule has 7 nitrogen and oxygen atoms in total. The summed E-state index contributed by atoms with van der Waals surface area (Å²) in [5, 5.41) is 7.90. The van der Waals surface area contributed by atoms with Gasteiger partial charge in [-0.25, -0.2) is 0 Å². The molecule has 30 heavy (non-hydrogen) atoms. The molecule has 0 radical (unpaired) electrons. The zero-order valence-electron chi connectivity index (χ0n) is 15.7. The zero-order valence-corrected chi connectivity index (χ0v) is 15.7. The Kier molecular flexibility index (Phi) is 4.46. The van der Waals surface area contributed by atoms with Gasteiger partial charge in [-0.15, -0.1) is 0 Å². The first-order valence-corrected chi connectivity index (χ1v) is 9.28. The van der Waals surface area contributed by atoms with Crippen molar-refractivity contribution in [3.63, 3.8) is 0 Å². The number of aromatic nitrogens is 4. The Morgan fingerprint density at radius 1 is 0.867 bits per heavy atom. The number of hydrogen-bond acceptors (Lipinski definition) is 6. The second-order valence-electron chi connectivity index (χ2n) is 6.54. The number of anilines is 1. The lowest BCUT2D eigenvalue weighted by atomic mass is 10.1. The van der Waals surface area contributed by atoms with Gasteiger partial charge in [-0.3, -0.25) is 14.8 Å². The molecule has 0 saturated heterocycles. The lowest BCUT2D eigenvalue weighted by Gasteiger charge is -2.10. The molecule has 5 aromatic rings. The lowest BCUT2D eigenvalue weighted by Crippen LogP contribution is -2.13. The van der Waals surface area contributed by atoms with Crippen LogP contribution in [0.15, 0.2) is 89.8 Å². The maximum absolute atomic E-state index is 13.0. The number of benzene rings is 2. The van der Waals surface area contributed by atoms with E-state index in [1.165, 1.54) is 0 Å². The molecule has 3 heterocycles. The van der Waals surface area contributed by atoms with Gasteiger partial charge in [0.1, 0.15) is 0 Å². The van der Waals surface area contributed by atoms with Gasteiger partial charge < -0.3 is 9.84 Å². The van der Waals surface area contributed by atoms with Crippen LogP contribution in [0.4, 0.5) is 5.69 Å². The lowest BCUT2D eigenvalue weighted by molar-refractivity contribution is 0.102. The van der Waals surface area contributed by atoms with E-state index in [9.17, 15) is 4.79 Å². The second kappa shape index (κ2) is 7.56. The number of nitrogens with one attached hydrogen (secondary N) is 1. The van der Waals surface area contributed by atoms with E-state index in [1.807, 2.05) is 42.5 Å². The highest BCUT2D eigenvalue weighted by Gasteiger charge is 2.17. The molecule has 0 spiro atoms. The molecule has 0 aliphatic carbocycles. The molecule has 0 aliphatic rings. The third-order valence-corrected chi connectivity index (χ3v) is 4.65. The van der Waals surface area contributed by atoms with Gasteiger partial charge in [0.2, 0.25) is 5.82 Å². The summed E-state index contributed by atoms with van der Waals surface area (Å²) in [6.07, 6.45) is 5.00. The molecule has 0 saturated carbocycles. The number of fused-ring (bicyclic) bond motifs is 1. The van der Waals surface area contributed by atoms with E-state index >= 15 is 0 Å². The van der Waals surface area contributed by atoms with Crippen LogP contribution in [0, 0.1) is 0 Å². The third kappa shape index (κ3) is 3.29. The van der Waals surface area contributed by atoms with Gasteiger partial charge in [0.15, 0.2) is 0 Å². The van der Waals surface area contributed by atoms with Crippen LogP contribution < -0.4 is 5.32 Å². The van der Waals surface area contributed by atoms with E-state index in [4.69, 9.17) is 4.52 Å². The maximum Gasteiger partial charge on any atom is 0.260 e.